The molecule has 1 amide bonds. The summed E-state index contributed by atoms with van der Waals surface area (Å²) < 4.78 is 18.6. The number of nitrogens with zero attached hydrogens (tertiary/aromatic N) is 2. The first-order valence-corrected chi connectivity index (χ1v) is 13.5. The molecule has 0 fully saturated rings. The highest BCUT2D eigenvalue weighted by Crippen LogP contribution is 2.45. The fourth-order valence-corrected chi connectivity index (χ4v) is 5.58. The van der Waals surface area contributed by atoms with Crippen molar-refractivity contribution in [3.8, 4) is 0 Å². The number of carbonyl (C=O) groups is 2. The number of rotatable bonds is 12. The minimum absolute atomic E-state index is 0.00231. The summed E-state index contributed by atoms with van der Waals surface area (Å²) in [7, 11) is -4.90. The van der Waals surface area contributed by atoms with Crippen LogP contribution in [0.3, 0.4) is 0 Å². The zero-order valence-electron chi connectivity index (χ0n) is 19.4. The molecule has 3 N–H and O–H groups in total. The van der Waals surface area contributed by atoms with Gasteiger partial charge in [0.25, 0.3) is 0 Å². The second kappa shape index (κ2) is 11.8. The lowest BCUT2D eigenvalue weighted by Gasteiger charge is -2.37. The Morgan fingerprint density at radius 1 is 1.06 bits per heavy atom. The van der Waals surface area contributed by atoms with Gasteiger partial charge in [0.15, 0.2) is 0 Å². The highest BCUT2D eigenvalue weighted by Gasteiger charge is 2.43. The highest BCUT2D eigenvalue weighted by atomic mass is 32.1. The molecule has 2 heterocycles. The number of carbonyl (C=O) groups excluding carboxylic acids is 1. The number of carboxylic acids is 1. The monoisotopic (exact) mass is 520 g/mol. The van der Waals surface area contributed by atoms with Crippen LogP contribution in [-0.2, 0) is 27.1 Å². The molecule has 0 spiro atoms. The second-order valence-corrected chi connectivity index (χ2v) is 11.1. The number of aliphatic carboxylic acids is 1. The summed E-state index contributed by atoms with van der Waals surface area (Å²) in [6.07, 6.45) is 2.69. The summed E-state index contributed by atoms with van der Waals surface area (Å²) in [5.41, 5.74) is 0.904. The average molecular weight is 521 g/mol. The van der Waals surface area contributed by atoms with Gasteiger partial charge in [-0.25, -0.2) is 9.36 Å². The van der Waals surface area contributed by atoms with Crippen LogP contribution in [0.2, 0.25) is 0 Å². The molecule has 3 rings (SSSR count). The quantitative estimate of drug-likeness (QED) is 0.300. The van der Waals surface area contributed by atoms with Gasteiger partial charge in [-0.15, -0.1) is 11.3 Å². The molecule has 0 radical (unpaired) electrons. The smallest absolute Gasteiger partial charge is 0.404 e. The molecule has 0 aliphatic rings. The summed E-state index contributed by atoms with van der Waals surface area (Å²) >= 11 is 1.32. The van der Waals surface area contributed by atoms with Crippen LogP contribution >= 0.6 is 19.1 Å². The highest BCUT2D eigenvalue weighted by molar-refractivity contribution is 7.49. The van der Waals surface area contributed by atoms with Gasteiger partial charge >= 0.3 is 13.7 Å². The van der Waals surface area contributed by atoms with Crippen molar-refractivity contribution < 1.29 is 33.5 Å². The first-order chi connectivity index (χ1) is 16.6. The molecule has 188 valence electrons. The van der Waals surface area contributed by atoms with Crippen molar-refractivity contribution in [3.05, 3.63) is 76.9 Å². The third kappa shape index (κ3) is 7.13. The number of carboxylic acid groups (broad SMARTS) is 1. The second-order valence-electron chi connectivity index (χ2n) is 8.57. The number of benzene rings is 1. The maximum Gasteiger partial charge on any atom is 0.404 e. The lowest BCUT2D eigenvalue weighted by Crippen LogP contribution is -2.54. The first-order valence-electron chi connectivity index (χ1n) is 11.0. The molecule has 0 aliphatic heterocycles. The number of hydrogen-bond acceptors (Lipinski definition) is 5. The van der Waals surface area contributed by atoms with Crippen LogP contribution in [-0.4, -0.2) is 43.5 Å². The van der Waals surface area contributed by atoms with Gasteiger partial charge in [0.2, 0.25) is 5.91 Å². The van der Waals surface area contributed by atoms with Crippen molar-refractivity contribution in [2.75, 3.05) is 4.90 Å². The van der Waals surface area contributed by atoms with Crippen LogP contribution in [0.5, 0.6) is 0 Å². The molecule has 2 unspecified atom stereocenters. The third-order valence-corrected chi connectivity index (χ3v) is 7.41. The van der Waals surface area contributed by atoms with Crippen LogP contribution < -0.4 is 4.90 Å². The zero-order valence-corrected chi connectivity index (χ0v) is 21.1. The molecule has 0 bridgehead atoms. The molecule has 2 aromatic heterocycles. The summed E-state index contributed by atoms with van der Waals surface area (Å²) in [5.74, 6) is -2.07. The van der Waals surface area contributed by atoms with Gasteiger partial charge in [0, 0.05) is 23.9 Å². The van der Waals surface area contributed by atoms with E-state index >= 15 is 0 Å². The van der Waals surface area contributed by atoms with E-state index in [2.05, 4.69) is 0 Å². The number of anilines is 1. The van der Waals surface area contributed by atoms with E-state index < -0.39 is 31.7 Å². The molecule has 0 aliphatic carbocycles. The molecule has 1 aromatic carbocycles. The molecule has 3 aromatic rings. The van der Waals surface area contributed by atoms with Gasteiger partial charge in [0.05, 0.1) is 12.0 Å². The summed E-state index contributed by atoms with van der Waals surface area (Å²) in [6.45, 7) is 3.52. The molecule has 2 atom stereocenters. The van der Waals surface area contributed by atoms with Crippen LogP contribution in [0.4, 0.5) is 5.69 Å². The predicted octanol–water partition coefficient (Wildman–Crippen LogP) is 4.38. The predicted molar refractivity (Wildman–Crippen MR) is 133 cm³/mol. The van der Waals surface area contributed by atoms with Gasteiger partial charge < -0.3 is 19.3 Å². The van der Waals surface area contributed by atoms with E-state index in [0.717, 1.165) is 9.57 Å². The molecule has 0 saturated heterocycles. The summed E-state index contributed by atoms with van der Waals surface area (Å²) in [4.78, 5) is 48.7. The van der Waals surface area contributed by atoms with Crippen molar-refractivity contribution in [3.63, 3.8) is 0 Å². The van der Waals surface area contributed by atoms with E-state index in [1.165, 1.54) is 29.9 Å². The van der Waals surface area contributed by atoms with Crippen molar-refractivity contribution in [2.45, 2.75) is 45.3 Å². The number of amides is 1. The Morgan fingerprint density at radius 2 is 1.77 bits per heavy atom. The van der Waals surface area contributed by atoms with E-state index in [9.17, 15) is 29.0 Å². The van der Waals surface area contributed by atoms with Crippen LogP contribution in [0.15, 0.2) is 70.9 Å². The Morgan fingerprint density at radius 3 is 2.29 bits per heavy atom. The Labute approximate surface area is 207 Å². The van der Waals surface area contributed by atoms with E-state index in [1.807, 2.05) is 13.8 Å². The number of furan rings is 1. The van der Waals surface area contributed by atoms with Gasteiger partial charge in [0.1, 0.15) is 18.3 Å². The van der Waals surface area contributed by atoms with Gasteiger partial charge in [-0.3, -0.25) is 9.69 Å². The lowest BCUT2D eigenvalue weighted by atomic mass is 9.99. The standard InChI is InChI=1S/C24H29N2O7PS/c1-17(2)13-21(25(34(30,31)32)15-20-9-6-12-35-20)23(27)26(19-10-11-33-16-19)22(24(28)29)14-18-7-4-3-5-8-18/h3-12,16-17,21-22H,13-15H2,1-2H3,(H,28,29)(H2,30,31,32). The zero-order chi connectivity index (χ0) is 25.6. The Hall–Kier alpha value is -2.75. The van der Waals surface area contributed by atoms with Gasteiger partial charge in [-0.1, -0.05) is 50.2 Å². The lowest BCUT2D eigenvalue weighted by molar-refractivity contribution is -0.140. The van der Waals surface area contributed by atoms with Crippen molar-refractivity contribution in [1.82, 2.24) is 4.67 Å². The minimum atomic E-state index is -4.90. The van der Waals surface area contributed by atoms with Crippen LogP contribution in [0, 0.1) is 5.92 Å². The maximum absolute atomic E-state index is 14.1. The number of hydrogen-bond donors (Lipinski definition) is 3. The fraction of sp³-hybridized carbons (Fsp3) is 0.333. The van der Waals surface area contributed by atoms with Gasteiger partial charge in [-0.05, 0) is 29.3 Å². The Bertz CT molecular complexity index is 1130. The third-order valence-electron chi connectivity index (χ3n) is 5.46. The Balaban J connectivity index is 2.07. The molecular weight excluding hydrogens is 491 g/mol. The topological polar surface area (TPSA) is 132 Å². The molecule has 35 heavy (non-hydrogen) atoms. The van der Waals surface area contributed by atoms with E-state index in [1.54, 1.807) is 47.8 Å². The minimum Gasteiger partial charge on any atom is -0.480 e. The van der Waals surface area contributed by atoms with E-state index in [-0.39, 0.29) is 31.0 Å². The normalized spacial score (nSPS) is 13.7. The van der Waals surface area contributed by atoms with Crippen LogP contribution in [0.1, 0.15) is 30.7 Å². The van der Waals surface area contributed by atoms with E-state index in [4.69, 9.17) is 4.42 Å². The SMILES string of the molecule is CC(C)CC(C(=O)N(c1ccoc1)C(Cc1ccccc1)C(=O)O)N(Cc1cccs1)P(=O)(O)O. The molecule has 11 heteroatoms. The molecular formula is C24H29N2O7PS. The summed E-state index contributed by atoms with van der Waals surface area (Å²) in [6, 6.07) is 11.2. The number of thiophene rings is 1. The van der Waals surface area contributed by atoms with Crippen molar-refractivity contribution >= 4 is 36.6 Å². The first kappa shape index (κ1) is 26.8. The molecule has 9 nitrogen and oxygen atoms in total. The van der Waals surface area contributed by atoms with Gasteiger partial charge in [-0.2, -0.15) is 4.67 Å². The Kier molecular flexibility index (Phi) is 9.04. The van der Waals surface area contributed by atoms with Crippen LogP contribution in [0.25, 0.3) is 0 Å². The fourth-order valence-electron chi connectivity index (χ4n) is 3.88. The van der Waals surface area contributed by atoms with Crippen molar-refractivity contribution in [2.24, 2.45) is 5.92 Å². The largest absolute Gasteiger partial charge is 0.480 e. The van der Waals surface area contributed by atoms with E-state index in [0.29, 0.717) is 10.4 Å². The summed E-state index contributed by atoms with van der Waals surface area (Å²) in [5, 5.41) is 11.9. The average Bonchev–Trinajstić information content (AvgIpc) is 3.50. The molecule has 0 saturated carbocycles. The maximum atomic E-state index is 14.1. The van der Waals surface area contributed by atoms with Crippen molar-refractivity contribution in [1.29, 1.82) is 0 Å².